The van der Waals surface area contributed by atoms with Crippen LogP contribution in [0.25, 0.3) is 0 Å². The summed E-state index contributed by atoms with van der Waals surface area (Å²) < 4.78 is 0. The third-order valence-corrected chi connectivity index (χ3v) is 3.10. The maximum Gasteiger partial charge on any atom is 0.264 e. The minimum absolute atomic E-state index is 0.154. The molecule has 0 aromatic carbocycles. The van der Waals surface area contributed by atoms with Gasteiger partial charge in [0.25, 0.3) is 5.56 Å². The Morgan fingerprint density at radius 2 is 2.24 bits per heavy atom. The van der Waals surface area contributed by atoms with E-state index in [1.54, 1.807) is 6.07 Å². The van der Waals surface area contributed by atoms with Crippen molar-refractivity contribution < 1.29 is 0 Å². The standard InChI is InChI=1S/C12H20N4O/c1-10(9-16-6-2-3-7-16)13-8-11-4-5-12(17)15-14-11/h4-5,10,13H,2-3,6-9H2,1H3,(H,15,17). The van der Waals surface area contributed by atoms with E-state index >= 15 is 0 Å². The Hall–Kier alpha value is -1.20. The molecule has 1 saturated heterocycles. The van der Waals surface area contributed by atoms with E-state index in [2.05, 4.69) is 27.3 Å². The summed E-state index contributed by atoms with van der Waals surface area (Å²) in [4.78, 5) is 13.3. The van der Waals surface area contributed by atoms with Gasteiger partial charge >= 0.3 is 0 Å². The van der Waals surface area contributed by atoms with Gasteiger partial charge in [-0.25, -0.2) is 5.10 Å². The molecule has 94 valence electrons. The largest absolute Gasteiger partial charge is 0.307 e. The van der Waals surface area contributed by atoms with Gasteiger partial charge in [0.15, 0.2) is 0 Å². The van der Waals surface area contributed by atoms with Crippen LogP contribution in [0.4, 0.5) is 0 Å². The minimum atomic E-state index is -0.154. The highest BCUT2D eigenvalue weighted by Crippen LogP contribution is 2.07. The molecule has 2 rings (SSSR count). The van der Waals surface area contributed by atoms with Crippen molar-refractivity contribution in [1.82, 2.24) is 20.4 Å². The molecule has 0 bridgehead atoms. The molecule has 2 N–H and O–H groups in total. The van der Waals surface area contributed by atoms with Crippen molar-refractivity contribution in [2.45, 2.75) is 32.4 Å². The number of nitrogens with one attached hydrogen (secondary N) is 2. The summed E-state index contributed by atoms with van der Waals surface area (Å²) in [7, 11) is 0. The molecule has 0 aliphatic carbocycles. The van der Waals surface area contributed by atoms with Crippen LogP contribution in [0.2, 0.25) is 0 Å². The van der Waals surface area contributed by atoms with Gasteiger partial charge in [-0.1, -0.05) is 0 Å². The lowest BCUT2D eigenvalue weighted by Crippen LogP contribution is -2.37. The number of aromatic amines is 1. The average molecular weight is 236 g/mol. The van der Waals surface area contributed by atoms with Crippen LogP contribution in [0.3, 0.4) is 0 Å². The lowest BCUT2D eigenvalue weighted by molar-refractivity contribution is 0.297. The predicted octanol–water partition coefficient (Wildman–Crippen LogP) is 0.344. The molecule has 5 nitrogen and oxygen atoms in total. The Morgan fingerprint density at radius 1 is 1.47 bits per heavy atom. The van der Waals surface area contributed by atoms with E-state index in [1.165, 1.54) is 32.0 Å². The molecule has 0 saturated carbocycles. The normalized spacial score (nSPS) is 18.4. The second-order valence-electron chi connectivity index (χ2n) is 4.70. The molecule has 2 heterocycles. The monoisotopic (exact) mass is 236 g/mol. The van der Waals surface area contributed by atoms with Crippen LogP contribution in [0.15, 0.2) is 16.9 Å². The van der Waals surface area contributed by atoms with Crippen molar-refractivity contribution in [3.8, 4) is 0 Å². The third kappa shape index (κ3) is 3.94. The van der Waals surface area contributed by atoms with E-state index < -0.39 is 0 Å². The maximum atomic E-state index is 10.8. The van der Waals surface area contributed by atoms with Gasteiger partial charge in [0, 0.05) is 25.2 Å². The second kappa shape index (κ2) is 5.93. The molecule has 1 aromatic heterocycles. The summed E-state index contributed by atoms with van der Waals surface area (Å²) in [6, 6.07) is 3.71. The third-order valence-electron chi connectivity index (χ3n) is 3.10. The fourth-order valence-corrected chi connectivity index (χ4v) is 2.17. The number of nitrogens with zero attached hydrogens (tertiary/aromatic N) is 2. The fraction of sp³-hybridized carbons (Fsp3) is 0.667. The lowest BCUT2D eigenvalue weighted by atomic mass is 10.3. The highest BCUT2D eigenvalue weighted by molar-refractivity contribution is 4.99. The molecule has 17 heavy (non-hydrogen) atoms. The first-order valence-corrected chi connectivity index (χ1v) is 6.24. The van der Waals surface area contributed by atoms with Crippen molar-refractivity contribution in [3.63, 3.8) is 0 Å². The van der Waals surface area contributed by atoms with Crippen LogP contribution in [0, 0.1) is 0 Å². The Morgan fingerprint density at radius 3 is 2.88 bits per heavy atom. The van der Waals surface area contributed by atoms with Gasteiger partial charge < -0.3 is 10.2 Å². The summed E-state index contributed by atoms with van der Waals surface area (Å²) in [5, 5.41) is 9.83. The number of hydrogen-bond acceptors (Lipinski definition) is 4. The van der Waals surface area contributed by atoms with Gasteiger partial charge in [-0.15, -0.1) is 0 Å². The zero-order chi connectivity index (χ0) is 12.1. The second-order valence-corrected chi connectivity index (χ2v) is 4.70. The summed E-state index contributed by atoms with van der Waals surface area (Å²) in [6.07, 6.45) is 2.66. The summed E-state index contributed by atoms with van der Waals surface area (Å²) >= 11 is 0. The molecule has 5 heteroatoms. The topological polar surface area (TPSA) is 61.0 Å². The van der Waals surface area contributed by atoms with Crippen molar-refractivity contribution in [2.75, 3.05) is 19.6 Å². The van der Waals surface area contributed by atoms with Gasteiger partial charge in [0.05, 0.1) is 5.69 Å². The van der Waals surface area contributed by atoms with E-state index in [0.29, 0.717) is 12.6 Å². The Balaban J connectivity index is 1.73. The fourth-order valence-electron chi connectivity index (χ4n) is 2.17. The molecule has 1 fully saturated rings. The molecular formula is C12H20N4O. The summed E-state index contributed by atoms with van der Waals surface area (Å²) in [5.41, 5.74) is 0.719. The number of aromatic nitrogens is 2. The van der Waals surface area contributed by atoms with Gasteiger partial charge in [-0.3, -0.25) is 4.79 Å². The van der Waals surface area contributed by atoms with Crippen molar-refractivity contribution >= 4 is 0 Å². The highest BCUT2D eigenvalue weighted by atomic mass is 16.1. The van der Waals surface area contributed by atoms with E-state index in [-0.39, 0.29) is 5.56 Å². The zero-order valence-electron chi connectivity index (χ0n) is 10.3. The van der Waals surface area contributed by atoms with Gasteiger partial charge in [-0.2, -0.15) is 5.10 Å². The summed E-state index contributed by atoms with van der Waals surface area (Å²) in [6.45, 7) is 6.42. The van der Waals surface area contributed by atoms with E-state index in [9.17, 15) is 4.79 Å². The Bertz CT molecular complexity index is 377. The quantitative estimate of drug-likeness (QED) is 0.774. The van der Waals surface area contributed by atoms with Crippen LogP contribution < -0.4 is 10.9 Å². The van der Waals surface area contributed by atoms with Gasteiger partial charge in [0.1, 0.15) is 0 Å². The van der Waals surface area contributed by atoms with E-state index in [4.69, 9.17) is 0 Å². The van der Waals surface area contributed by atoms with E-state index in [1.807, 2.05) is 0 Å². The summed E-state index contributed by atoms with van der Waals surface area (Å²) in [5.74, 6) is 0. The maximum absolute atomic E-state index is 10.8. The van der Waals surface area contributed by atoms with Crippen LogP contribution in [-0.2, 0) is 6.54 Å². The van der Waals surface area contributed by atoms with Crippen molar-refractivity contribution in [2.24, 2.45) is 0 Å². The van der Waals surface area contributed by atoms with Crippen LogP contribution in [-0.4, -0.2) is 40.8 Å². The van der Waals surface area contributed by atoms with Crippen LogP contribution in [0.1, 0.15) is 25.5 Å². The first kappa shape index (κ1) is 12.3. The molecule has 0 amide bonds. The van der Waals surface area contributed by atoms with Crippen LogP contribution in [0.5, 0.6) is 0 Å². The highest BCUT2D eigenvalue weighted by Gasteiger charge is 2.14. The van der Waals surface area contributed by atoms with E-state index in [0.717, 1.165) is 12.2 Å². The average Bonchev–Trinajstić information content (AvgIpc) is 2.81. The number of H-pyrrole nitrogens is 1. The molecule has 1 unspecified atom stereocenters. The lowest BCUT2D eigenvalue weighted by Gasteiger charge is -2.20. The number of likely N-dealkylation sites (tertiary alicyclic amines) is 1. The first-order chi connectivity index (χ1) is 8.24. The number of rotatable bonds is 5. The van der Waals surface area contributed by atoms with Gasteiger partial charge in [-0.05, 0) is 38.9 Å². The molecular weight excluding hydrogens is 216 g/mol. The molecule has 1 atom stereocenters. The van der Waals surface area contributed by atoms with Crippen molar-refractivity contribution in [1.29, 1.82) is 0 Å². The molecule has 0 radical (unpaired) electrons. The zero-order valence-corrected chi connectivity index (χ0v) is 10.3. The molecule has 1 aliphatic rings. The minimum Gasteiger partial charge on any atom is -0.307 e. The van der Waals surface area contributed by atoms with Gasteiger partial charge in [0.2, 0.25) is 0 Å². The molecule has 1 aliphatic heterocycles. The smallest absolute Gasteiger partial charge is 0.264 e. The van der Waals surface area contributed by atoms with Crippen molar-refractivity contribution in [3.05, 3.63) is 28.2 Å². The predicted molar refractivity (Wildman–Crippen MR) is 66.8 cm³/mol. The Kier molecular flexibility index (Phi) is 4.28. The number of hydrogen-bond donors (Lipinski definition) is 2. The SMILES string of the molecule is CC(CN1CCCC1)NCc1ccc(=O)[nH]n1. The molecule has 0 spiro atoms. The Labute approximate surface area is 101 Å². The molecule has 1 aromatic rings. The first-order valence-electron chi connectivity index (χ1n) is 6.24. The van der Waals surface area contributed by atoms with Crippen LogP contribution >= 0.6 is 0 Å².